The van der Waals surface area contributed by atoms with Crippen LogP contribution in [0.4, 0.5) is 0 Å². The molecule has 0 aliphatic carbocycles. The molecular formula is C24H16BrN. The number of aromatic nitrogens is 1. The molecule has 0 radical (unpaired) electrons. The van der Waals surface area contributed by atoms with E-state index in [1.165, 1.54) is 0 Å². The van der Waals surface area contributed by atoms with Gasteiger partial charge in [-0.25, -0.2) is 0 Å². The van der Waals surface area contributed by atoms with Crippen molar-refractivity contribution in [3.8, 4) is 16.8 Å². The van der Waals surface area contributed by atoms with E-state index in [0.29, 0.717) is 5.69 Å². The zero-order valence-electron chi connectivity index (χ0n) is 20.5. The predicted octanol–water partition coefficient (Wildman–Crippen LogP) is 7.21. The maximum atomic E-state index is 8.78. The average Bonchev–Trinajstić information content (AvgIpc) is 3.20. The summed E-state index contributed by atoms with van der Waals surface area (Å²) in [6.07, 6.45) is 0. The number of benzene rings is 4. The van der Waals surface area contributed by atoms with Gasteiger partial charge in [-0.15, -0.1) is 0 Å². The molecule has 1 heterocycles. The van der Waals surface area contributed by atoms with Crippen LogP contribution in [0, 0.1) is 0 Å². The third kappa shape index (κ3) is 2.38. The number of rotatable bonds is 2. The molecule has 0 saturated heterocycles. The van der Waals surface area contributed by atoms with Crippen LogP contribution in [0.25, 0.3) is 38.6 Å². The minimum Gasteiger partial charge on any atom is -0.309 e. The van der Waals surface area contributed by atoms with E-state index in [2.05, 4.69) is 15.9 Å². The topological polar surface area (TPSA) is 4.93 Å². The van der Waals surface area contributed by atoms with Gasteiger partial charge in [0.1, 0.15) is 0 Å². The summed E-state index contributed by atoms with van der Waals surface area (Å²) in [5.74, 6) is 0. The summed E-state index contributed by atoms with van der Waals surface area (Å²) in [4.78, 5) is 0. The van der Waals surface area contributed by atoms with Gasteiger partial charge in [0.05, 0.1) is 26.3 Å². The van der Waals surface area contributed by atoms with Crippen molar-refractivity contribution in [1.82, 2.24) is 4.57 Å². The molecular weight excluding hydrogens is 382 g/mol. The predicted molar refractivity (Wildman–Crippen MR) is 114 cm³/mol. The molecule has 0 N–H and O–H groups in total. The third-order valence-corrected chi connectivity index (χ3v) is 4.75. The van der Waals surface area contributed by atoms with Crippen LogP contribution < -0.4 is 0 Å². The van der Waals surface area contributed by atoms with Crippen molar-refractivity contribution >= 4 is 37.7 Å². The highest BCUT2D eigenvalue weighted by atomic mass is 79.9. The summed E-state index contributed by atoms with van der Waals surface area (Å²) in [6, 6.07) is 15.2. The summed E-state index contributed by atoms with van der Waals surface area (Å²) >= 11 is 3.27. The largest absolute Gasteiger partial charge is 0.309 e. The molecule has 0 atom stereocenters. The molecule has 0 amide bonds. The molecule has 2 heteroatoms. The molecule has 0 saturated carbocycles. The Labute approximate surface area is 170 Å². The first-order valence-electron chi connectivity index (χ1n) is 11.6. The van der Waals surface area contributed by atoms with E-state index in [-0.39, 0.29) is 56.5 Å². The fraction of sp³-hybridized carbons (Fsp3) is 0. The van der Waals surface area contributed by atoms with Crippen molar-refractivity contribution in [2.75, 3.05) is 0 Å². The molecule has 5 rings (SSSR count). The van der Waals surface area contributed by atoms with Crippen molar-refractivity contribution < 1.29 is 9.60 Å². The Morgan fingerprint density at radius 1 is 0.731 bits per heavy atom. The first-order valence-corrected chi connectivity index (χ1v) is 8.89. The standard InChI is InChI=1S/C24H16BrN/c25-18-14-15-21-20-11-5-7-13-23(20)26(24(21)16-18)22-12-6-4-10-19(22)17-8-2-1-3-9-17/h1-16H/i5D,7D,11D,13D,14D,15D,16D. The Balaban J connectivity index is 2.11. The molecule has 1 aromatic heterocycles. The Bertz CT molecular complexity index is 1520. The van der Waals surface area contributed by atoms with Gasteiger partial charge >= 0.3 is 0 Å². The summed E-state index contributed by atoms with van der Waals surface area (Å²) < 4.78 is 61.2. The molecule has 26 heavy (non-hydrogen) atoms. The number of hydrogen-bond acceptors (Lipinski definition) is 0. The summed E-state index contributed by atoms with van der Waals surface area (Å²) in [7, 11) is 0. The normalized spacial score (nSPS) is 15.0. The van der Waals surface area contributed by atoms with Gasteiger partial charge in [-0.1, -0.05) is 88.6 Å². The number of para-hydroxylation sites is 2. The second-order valence-electron chi connectivity index (χ2n) is 5.85. The monoisotopic (exact) mass is 404 g/mol. The van der Waals surface area contributed by atoms with Crippen LogP contribution in [-0.2, 0) is 0 Å². The van der Waals surface area contributed by atoms with Gasteiger partial charge in [0.25, 0.3) is 0 Å². The number of nitrogens with zero attached hydrogens (tertiary/aromatic N) is 1. The van der Waals surface area contributed by atoms with Gasteiger partial charge in [0.15, 0.2) is 0 Å². The van der Waals surface area contributed by atoms with Crippen molar-refractivity contribution in [2.24, 2.45) is 0 Å². The number of halogens is 1. The lowest BCUT2D eigenvalue weighted by atomic mass is 10.0. The van der Waals surface area contributed by atoms with E-state index in [4.69, 9.17) is 9.60 Å². The summed E-state index contributed by atoms with van der Waals surface area (Å²) in [5, 5.41) is 0.302. The lowest BCUT2D eigenvalue weighted by Crippen LogP contribution is -1.96. The van der Waals surface area contributed by atoms with E-state index in [9.17, 15) is 0 Å². The minimum atomic E-state index is -0.414. The Morgan fingerprint density at radius 2 is 1.46 bits per heavy atom. The molecule has 0 unspecified atom stereocenters. The van der Waals surface area contributed by atoms with Crippen LogP contribution in [0.5, 0.6) is 0 Å². The average molecular weight is 405 g/mol. The van der Waals surface area contributed by atoms with E-state index in [1.807, 2.05) is 54.6 Å². The van der Waals surface area contributed by atoms with Gasteiger partial charge in [0, 0.05) is 20.8 Å². The third-order valence-electron chi connectivity index (χ3n) is 4.36. The Hall–Kier alpha value is -2.84. The smallest absolute Gasteiger partial charge is 0.0657 e. The lowest BCUT2D eigenvalue weighted by molar-refractivity contribution is 1.18. The molecule has 0 spiro atoms. The highest BCUT2D eigenvalue weighted by Crippen LogP contribution is 2.36. The minimum absolute atomic E-state index is 0.0538. The van der Waals surface area contributed by atoms with Gasteiger partial charge in [-0.05, 0) is 29.8 Å². The maximum Gasteiger partial charge on any atom is 0.0657 e. The number of fused-ring (bicyclic) bond motifs is 3. The maximum absolute atomic E-state index is 8.78. The molecule has 1 nitrogen and oxygen atoms in total. The lowest BCUT2D eigenvalue weighted by Gasteiger charge is -2.14. The summed E-state index contributed by atoms with van der Waals surface area (Å²) in [5.41, 5.74) is 2.76. The second kappa shape index (κ2) is 6.15. The second-order valence-corrected chi connectivity index (χ2v) is 6.65. The SMILES string of the molecule is [2H]c1c([2H])c([2H])c2c(c1[2H])c1c([2H])c([2H])c(Br)c([2H])c1n2-c1ccccc1-c1ccccc1. The van der Waals surface area contributed by atoms with Gasteiger partial charge in [-0.2, -0.15) is 0 Å². The molecule has 0 fully saturated rings. The van der Waals surface area contributed by atoms with Gasteiger partial charge in [-0.3, -0.25) is 0 Å². The van der Waals surface area contributed by atoms with E-state index in [1.54, 1.807) is 4.57 Å². The van der Waals surface area contributed by atoms with Crippen LogP contribution in [0.15, 0.2) is 101 Å². The van der Waals surface area contributed by atoms with Crippen LogP contribution in [0.3, 0.4) is 0 Å². The molecule has 5 aromatic rings. The van der Waals surface area contributed by atoms with Crippen LogP contribution in [-0.4, -0.2) is 4.57 Å². The molecule has 0 aliphatic heterocycles. The van der Waals surface area contributed by atoms with E-state index < -0.39 is 12.1 Å². The fourth-order valence-electron chi connectivity index (χ4n) is 3.26. The number of hydrogen-bond donors (Lipinski definition) is 0. The van der Waals surface area contributed by atoms with Crippen molar-refractivity contribution in [2.45, 2.75) is 0 Å². The molecule has 4 aromatic carbocycles. The molecule has 0 aliphatic rings. The fourth-order valence-corrected chi connectivity index (χ4v) is 3.55. The van der Waals surface area contributed by atoms with Crippen molar-refractivity contribution in [3.05, 3.63) is 101 Å². The van der Waals surface area contributed by atoms with E-state index >= 15 is 0 Å². The van der Waals surface area contributed by atoms with Crippen LogP contribution in [0.2, 0.25) is 0 Å². The zero-order chi connectivity index (χ0) is 23.6. The zero-order valence-corrected chi connectivity index (χ0v) is 15.1. The first kappa shape index (κ1) is 9.75. The van der Waals surface area contributed by atoms with E-state index in [0.717, 1.165) is 11.1 Å². The van der Waals surface area contributed by atoms with Gasteiger partial charge in [0.2, 0.25) is 0 Å². The van der Waals surface area contributed by atoms with Crippen molar-refractivity contribution in [3.63, 3.8) is 0 Å². The van der Waals surface area contributed by atoms with Crippen molar-refractivity contribution in [1.29, 1.82) is 0 Å². The molecule has 124 valence electrons. The van der Waals surface area contributed by atoms with Crippen LogP contribution in [0.1, 0.15) is 9.60 Å². The highest BCUT2D eigenvalue weighted by Gasteiger charge is 2.15. The Kier molecular flexibility index (Phi) is 2.31. The van der Waals surface area contributed by atoms with Gasteiger partial charge < -0.3 is 4.57 Å². The quantitative estimate of drug-likeness (QED) is 0.292. The summed E-state index contributed by atoms with van der Waals surface area (Å²) in [6.45, 7) is 0. The molecule has 0 bridgehead atoms. The van der Waals surface area contributed by atoms with Crippen LogP contribution >= 0.6 is 15.9 Å². The first-order chi connectivity index (χ1) is 15.8. The highest BCUT2D eigenvalue weighted by molar-refractivity contribution is 9.10. The Morgan fingerprint density at radius 3 is 2.35 bits per heavy atom.